The molecule has 4 heteroatoms. The van der Waals surface area contributed by atoms with Crippen LogP contribution in [0.25, 0.3) is 10.4 Å². The van der Waals surface area contributed by atoms with Gasteiger partial charge in [0.15, 0.2) is 0 Å². The van der Waals surface area contributed by atoms with Gasteiger partial charge in [0, 0.05) is 29.5 Å². The molecule has 1 atom stereocenters. The van der Waals surface area contributed by atoms with Crippen LogP contribution in [0, 0.1) is 0 Å². The van der Waals surface area contributed by atoms with Crippen LogP contribution >= 0.6 is 11.3 Å². The third-order valence-corrected chi connectivity index (χ3v) is 5.82. The molecule has 0 bridgehead atoms. The fourth-order valence-corrected chi connectivity index (χ4v) is 4.41. The minimum atomic E-state index is 0.106. The van der Waals surface area contributed by atoms with Crippen LogP contribution in [0.2, 0.25) is 0 Å². The van der Waals surface area contributed by atoms with Gasteiger partial charge in [-0.1, -0.05) is 30.3 Å². The van der Waals surface area contributed by atoms with Gasteiger partial charge in [0.05, 0.1) is 25.4 Å². The molecule has 1 aromatic carbocycles. The first-order valence-electron chi connectivity index (χ1n) is 7.90. The number of ether oxygens (including phenoxy) is 2. The van der Waals surface area contributed by atoms with Crippen LogP contribution in [-0.4, -0.2) is 43.4 Å². The molecule has 0 aliphatic carbocycles. The number of hydrogen-bond acceptors (Lipinski definition) is 4. The molecule has 0 saturated carbocycles. The molecule has 3 heterocycles. The van der Waals surface area contributed by atoms with Gasteiger partial charge < -0.3 is 9.47 Å². The smallest absolute Gasteiger partial charge is 0.0704 e. The summed E-state index contributed by atoms with van der Waals surface area (Å²) in [6, 6.07) is 15.1. The maximum atomic E-state index is 5.73. The van der Waals surface area contributed by atoms with E-state index in [1.165, 1.54) is 15.3 Å². The molecule has 22 heavy (non-hydrogen) atoms. The summed E-state index contributed by atoms with van der Waals surface area (Å²) in [5.74, 6) is 0. The Morgan fingerprint density at radius 3 is 2.64 bits per heavy atom. The topological polar surface area (TPSA) is 21.7 Å². The highest BCUT2D eigenvalue weighted by atomic mass is 32.1. The first kappa shape index (κ1) is 14.4. The standard InChI is InChI=1S/C18H21NO2S/c1-2-4-15(5-3-1)17-7-6-16(22-17)12-19-9-11-21-14-18(19)8-10-20-13-18/h1-7H,8-14H2. The Labute approximate surface area is 135 Å². The largest absolute Gasteiger partial charge is 0.379 e. The van der Waals surface area contributed by atoms with Crippen LogP contribution in [0.5, 0.6) is 0 Å². The molecular weight excluding hydrogens is 294 g/mol. The van der Waals surface area contributed by atoms with E-state index in [1.807, 2.05) is 11.3 Å². The Morgan fingerprint density at radius 2 is 1.82 bits per heavy atom. The SMILES string of the molecule is c1ccc(-c2ccc(CN3CCOCC34CCOC4)s2)cc1. The summed E-state index contributed by atoms with van der Waals surface area (Å²) < 4.78 is 11.4. The summed E-state index contributed by atoms with van der Waals surface area (Å²) >= 11 is 1.90. The van der Waals surface area contributed by atoms with Crippen molar-refractivity contribution < 1.29 is 9.47 Å². The Hall–Kier alpha value is -1.20. The fraction of sp³-hybridized carbons (Fsp3) is 0.444. The van der Waals surface area contributed by atoms with E-state index in [1.54, 1.807) is 0 Å². The number of thiophene rings is 1. The Balaban J connectivity index is 1.52. The number of benzene rings is 1. The molecule has 2 aromatic rings. The first-order chi connectivity index (χ1) is 10.9. The van der Waals surface area contributed by atoms with Crippen LogP contribution in [-0.2, 0) is 16.0 Å². The summed E-state index contributed by atoms with van der Waals surface area (Å²) in [6.45, 7) is 5.32. The third-order valence-electron chi connectivity index (χ3n) is 4.70. The van der Waals surface area contributed by atoms with Crippen molar-refractivity contribution in [3.63, 3.8) is 0 Å². The van der Waals surface area contributed by atoms with Crippen LogP contribution in [0.1, 0.15) is 11.3 Å². The molecule has 0 radical (unpaired) electrons. The van der Waals surface area contributed by atoms with Crippen molar-refractivity contribution >= 4 is 11.3 Å². The Kier molecular flexibility index (Phi) is 4.01. The van der Waals surface area contributed by atoms with Crippen molar-refractivity contribution in [3.8, 4) is 10.4 Å². The van der Waals surface area contributed by atoms with Gasteiger partial charge in [-0.3, -0.25) is 4.90 Å². The lowest BCUT2D eigenvalue weighted by Crippen LogP contribution is -2.56. The Morgan fingerprint density at radius 1 is 1.00 bits per heavy atom. The zero-order valence-electron chi connectivity index (χ0n) is 12.7. The summed E-state index contributed by atoms with van der Waals surface area (Å²) in [7, 11) is 0. The van der Waals surface area contributed by atoms with Crippen LogP contribution in [0.4, 0.5) is 0 Å². The summed E-state index contributed by atoms with van der Waals surface area (Å²) in [5.41, 5.74) is 1.41. The van der Waals surface area contributed by atoms with Crippen molar-refractivity contribution in [1.29, 1.82) is 0 Å². The van der Waals surface area contributed by atoms with E-state index >= 15 is 0 Å². The molecule has 2 aliphatic heterocycles. The monoisotopic (exact) mass is 315 g/mol. The van der Waals surface area contributed by atoms with Crippen molar-refractivity contribution in [1.82, 2.24) is 4.90 Å². The van der Waals surface area contributed by atoms with E-state index in [0.29, 0.717) is 0 Å². The fourth-order valence-electron chi connectivity index (χ4n) is 3.38. The quantitative estimate of drug-likeness (QED) is 0.866. The normalized spacial score (nSPS) is 25.8. The van der Waals surface area contributed by atoms with E-state index in [2.05, 4.69) is 47.4 Å². The second-order valence-electron chi connectivity index (χ2n) is 6.13. The highest BCUT2D eigenvalue weighted by Crippen LogP contribution is 2.34. The van der Waals surface area contributed by atoms with Crippen LogP contribution in [0.15, 0.2) is 42.5 Å². The maximum absolute atomic E-state index is 5.73. The molecule has 3 nitrogen and oxygen atoms in total. The van der Waals surface area contributed by atoms with Crippen molar-refractivity contribution in [2.45, 2.75) is 18.5 Å². The average molecular weight is 315 g/mol. The summed E-state index contributed by atoms with van der Waals surface area (Å²) in [6.07, 6.45) is 1.09. The molecule has 0 N–H and O–H groups in total. The van der Waals surface area contributed by atoms with Crippen molar-refractivity contribution in [2.75, 3.05) is 33.0 Å². The number of hydrogen-bond donors (Lipinski definition) is 0. The predicted molar refractivity (Wildman–Crippen MR) is 89.2 cm³/mol. The minimum absolute atomic E-state index is 0.106. The molecule has 116 valence electrons. The molecule has 4 rings (SSSR count). The summed E-state index contributed by atoms with van der Waals surface area (Å²) in [4.78, 5) is 5.34. The van der Waals surface area contributed by atoms with E-state index < -0.39 is 0 Å². The maximum Gasteiger partial charge on any atom is 0.0704 e. The van der Waals surface area contributed by atoms with Gasteiger partial charge in [0.2, 0.25) is 0 Å². The van der Waals surface area contributed by atoms with E-state index in [9.17, 15) is 0 Å². The zero-order valence-corrected chi connectivity index (χ0v) is 13.5. The second kappa shape index (κ2) is 6.13. The number of morpholine rings is 1. The van der Waals surface area contributed by atoms with E-state index in [4.69, 9.17) is 9.47 Å². The van der Waals surface area contributed by atoms with Crippen LogP contribution < -0.4 is 0 Å². The third kappa shape index (κ3) is 2.72. The molecule has 2 aliphatic rings. The second-order valence-corrected chi connectivity index (χ2v) is 7.30. The van der Waals surface area contributed by atoms with Gasteiger partial charge in [-0.2, -0.15) is 0 Å². The van der Waals surface area contributed by atoms with Gasteiger partial charge in [0.25, 0.3) is 0 Å². The zero-order chi connectivity index (χ0) is 14.8. The van der Waals surface area contributed by atoms with E-state index in [-0.39, 0.29) is 5.54 Å². The lowest BCUT2D eigenvalue weighted by Gasteiger charge is -2.43. The van der Waals surface area contributed by atoms with Crippen molar-refractivity contribution in [3.05, 3.63) is 47.3 Å². The number of nitrogens with zero attached hydrogens (tertiary/aromatic N) is 1. The molecule has 1 unspecified atom stereocenters. The van der Waals surface area contributed by atoms with Gasteiger partial charge in [-0.25, -0.2) is 0 Å². The first-order valence-corrected chi connectivity index (χ1v) is 8.72. The molecule has 2 fully saturated rings. The molecule has 1 aromatic heterocycles. The van der Waals surface area contributed by atoms with Crippen LogP contribution in [0.3, 0.4) is 0 Å². The molecule has 2 saturated heterocycles. The average Bonchev–Trinajstić information content (AvgIpc) is 3.21. The van der Waals surface area contributed by atoms with Gasteiger partial charge in [-0.05, 0) is 24.1 Å². The molecule has 0 amide bonds. The number of rotatable bonds is 3. The lowest BCUT2D eigenvalue weighted by molar-refractivity contribution is -0.0745. The van der Waals surface area contributed by atoms with Gasteiger partial charge in [-0.15, -0.1) is 11.3 Å². The minimum Gasteiger partial charge on any atom is -0.379 e. The highest BCUT2D eigenvalue weighted by Gasteiger charge is 2.43. The summed E-state index contributed by atoms with van der Waals surface area (Å²) in [5, 5.41) is 0. The highest BCUT2D eigenvalue weighted by molar-refractivity contribution is 7.15. The molecule has 1 spiro atoms. The van der Waals surface area contributed by atoms with Gasteiger partial charge in [0.1, 0.15) is 0 Å². The Bertz CT molecular complexity index is 619. The van der Waals surface area contributed by atoms with Crippen molar-refractivity contribution in [2.24, 2.45) is 0 Å². The predicted octanol–water partition coefficient (Wildman–Crippen LogP) is 3.41. The van der Waals surface area contributed by atoms with E-state index in [0.717, 1.165) is 45.9 Å². The molecular formula is C18H21NO2S. The van der Waals surface area contributed by atoms with Gasteiger partial charge >= 0.3 is 0 Å². The lowest BCUT2D eigenvalue weighted by atomic mass is 9.96.